The van der Waals surface area contributed by atoms with Crippen LogP contribution in [0.5, 0.6) is 0 Å². The third kappa shape index (κ3) is 4.66. The van der Waals surface area contributed by atoms with Gasteiger partial charge in [0.15, 0.2) is 0 Å². The summed E-state index contributed by atoms with van der Waals surface area (Å²) in [6.07, 6.45) is 0.786. The van der Waals surface area contributed by atoms with Crippen molar-refractivity contribution < 1.29 is 5.11 Å². The van der Waals surface area contributed by atoms with Crippen LogP contribution in [0.25, 0.3) is 0 Å². The minimum absolute atomic E-state index is 0.223. The lowest BCUT2D eigenvalue weighted by Gasteiger charge is -2.21. The molecule has 0 saturated heterocycles. The maximum atomic E-state index is 9.20. The molecule has 1 unspecified atom stereocenters. The van der Waals surface area contributed by atoms with Gasteiger partial charge < -0.3 is 10.4 Å². The standard InChI is InChI=1S/C19H29N3O/c1-14(2)19(10-11-23)20-12-18-15(3)21-22(16(18)4)13-17-8-6-5-7-9-17/h5-9,14,19-20,23H,10-13H2,1-4H3. The maximum Gasteiger partial charge on any atom is 0.0662 e. The Bertz CT molecular complexity index is 605. The smallest absolute Gasteiger partial charge is 0.0662 e. The Hall–Kier alpha value is -1.65. The van der Waals surface area contributed by atoms with Crippen molar-refractivity contribution in [1.82, 2.24) is 15.1 Å². The Balaban J connectivity index is 2.08. The second-order valence-corrected chi connectivity index (χ2v) is 6.54. The molecule has 4 nitrogen and oxygen atoms in total. The van der Waals surface area contributed by atoms with Crippen molar-refractivity contribution in [3.8, 4) is 0 Å². The monoisotopic (exact) mass is 315 g/mol. The van der Waals surface area contributed by atoms with Crippen molar-refractivity contribution in [2.75, 3.05) is 6.61 Å². The second-order valence-electron chi connectivity index (χ2n) is 6.54. The molecule has 1 heterocycles. The average molecular weight is 315 g/mol. The number of aromatic nitrogens is 2. The van der Waals surface area contributed by atoms with Gasteiger partial charge in [-0.1, -0.05) is 44.2 Å². The number of aliphatic hydroxyl groups excluding tert-OH is 1. The van der Waals surface area contributed by atoms with E-state index in [0.717, 1.165) is 25.2 Å². The third-order valence-electron chi connectivity index (χ3n) is 4.49. The minimum Gasteiger partial charge on any atom is -0.396 e. The molecular weight excluding hydrogens is 286 g/mol. The Kier molecular flexibility index (Phi) is 6.37. The van der Waals surface area contributed by atoms with Crippen molar-refractivity contribution in [2.24, 2.45) is 5.92 Å². The van der Waals surface area contributed by atoms with E-state index in [-0.39, 0.29) is 6.61 Å². The molecule has 2 rings (SSSR count). The number of benzene rings is 1. The lowest BCUT2D eigenvalue weighted by Crippen LogP contribution is -2.34. The van der Waals surface area contributed by atoms with Crippen LogP contribution in [-0.4, -0.2) is 27.5 Å². The van der Waals surface area contributed by atoms with Crippen molar-refractivity contribution in [3.05, 3.63) is 52.8 Å². The molecular formula is C19H29N3O. The SMILES string of the molecule is Cc1nn(Cc2ccccc2)c(C)c1CNC(CCO)C(C)C. The summed E-state index contributed by atoms with van der Waals surface area (Å²) in [7, 11) is 0. The van der Waals surface area contributed by atoms with E-state index in [1.54, 1.807) is 0 Å². The molecule has 4 heteroatoms. The van der Waals surface area contributed by atoms with Crippen LogP contribution in [0.1, 0.15) is 42.8 Å². The summed E-state index contributed by atoms with van der Waals surface area (Å²) < 4.78 is 2.08. The topological polar surface area (TPSA) is 50.1 Å². The fourth-order valence-electron chi connectivity index (χ4n) is 2.94. The molecule has 0 spiro atoms. The van der Waals surface area contributed by atoms with Crippen molar-refractivity contribution in [3.63, 3.8) is 0 Å². The van der Waals surface area contributed by atoms with Gasteiger partial charge in [-0.15, -0.1) is 0 Å². The van der Waals surface area contributed by atoms with Crippen LogP contribution in [0.2, 0.25) is 0 Å². The van der Waals surface area contributed by atoms with Gasteiger partial charge in [0.1, 0.15) is 0 Å². The first kappa shape index (κ1) is 17.7. The lowest BCUT2D eigenvalue weighted by molar-refractivity contribution is 0.243. The fraction of sp³-hybridized carbons (Fsp3) is 0.526. The van der Waals surface area contributed by atoms with Crippen LogP contribution in [0, 0.1) is 19.8 Å². The number of hydrogen-bond acceptors (Lipinski definition) is 3. The molecule has 1 atom stereocenters. The fourth-order valence-corrected chi connectivity index (χ4v) is 2.94. The number of hydrogen-bond donors (Lipinski definition) is 2. The van der Waals surface area contributed by atoms with E-state index in [9.17, 15) is 5.11 Å². The molecule has 23 heavy (non-hydrogen) atoms. The normalized spacial score (nSPS) is 12.8. The van der Waals surface area contributed by atoms with E-state index < -0.39 is 0 Å². The summed E-state index contributed by atoms with van der Waals surface area (Å²) >= 11 is 0. The zero-order valence-electron chi connectivity index (χ0n) is 14.7. The summed E-state index contributed by atoms with van der Waals surface area (Å²) in [5, 5.41) is 17.5. The average Bonchev–Trinajstić information content (AvgIpc) is 2.79. The predicted octanol–water partition coefficient (Wildman–Crippen LogP) is 3.04. The van der Waals surface area contributed by atoms with Gasteiger partial charge in [0.05, 0.1) is 12.2 Å². The first-order chi connectivity index (χ1) is 11.0. The second kappa shape index (κ2) is 8.27. The van der Waals surface area contributed by atoms with Crippen LogP contribution in [0.3, 0.4) is 0 Å². The third-order valence-corrected chi connectivity index (χ3v) is 4.49. The van der Waals surface area contributed by atoms with Crippen molar-refractivity contribution in [1.29, 1.82) is 0 Å². The molecule has 0 fully saturated rings. The first-order valence-electron chi connectivity index (χ1n) is 8.44. The Morgan fingerprint density at radius 1 is 1.17 bits per heavy atom. The van der Waals surface area contributed by atoms with Crippen LogP contribution in [0.4, 0.5) is 0 Å². The molecule has 0 saturated carbocycles. The highest BCUT2D eigenvalue weighted by Gasteiger charge is 2.16. The van der Waals surface area contributed by atoms with Crippen LogP contribution >= 0.6 is 0 Å². The number of aryl methyl sites for hydroxylation is 1. The quantitative estimate of drug-likeness (QED) is 0.787. The van der Waals surface area contributed by atoms with Gasteiger partial charge in [0, 0.05) is 30.5 Å². The number of nitrogens with one attached hydrogen (secondary N) is 1. The minimum atomic E-state index is 0.223. The molecule has 1 aromatic carbocycles. The van der Waals surface area contributed by atoms with Gasteiger partial charge in [-0.3, -0.25) is 4.68 Å². The molecule has 1 aromatic heterocycles. The van der Waals surface area contributed by atoms with Gasteiger partial charge in [0.25, 0.3) is 0 Å². The van der Waals surface area contributed by atoms with Gasteiger partial charge in [-0.05, 0) is 31.7 Å². The summed E-state index contributed by atoms with van der Waals surface area (Å²) in [4.78, 5) is 0. The van der Waals surface area contributed by atoms with E-state index in [1.165, 1.54) is 16.8 Å². The highest BCUT2D eigenvalue weighted by atomic mass is 16.3. The van der Waals surface area contributed by atoms with Crippen LogP contribution in [-0.2, 0) is 13.1 Å². The number of nitrogens with zero attached hydrogens (tertiary/aromatic N) is 2. The van der Waals surface area contributed by atoms with Gasteiger partial charge in [0.2, 0.25) is 0 Å². The van der Waals surface area contributed by atoms with E-state index in [1.807, 2.05) is 6.07 Å². The molecule has 2 N–H and O–H groups in total. The Morgan fingerprint density at radius 2 is 1.87 bits per heavy atom. The van der Waals surface area contributed by atoms with E-state index >= 15 is 0 Å². The van der Waals surface area contributed by atoms with Crippen molar-refractivity contribution >= 4 is 0 Å². The molecule has 0 aliphatic rings. The molecule has 0 radical (unpaired) electrons. The zero-order valence-corrected chi connectivity index (χ0v) is 14.7. The zero-order chi connectivity index (χ0) is 16.8. The van der Waals surface area contributed by atoms with E-state index in [2.05, 4.69) is 62.0 Å². The van der Waals surface area contributed by atoms with E-state index in [4.69, 9.17) is 5.10 Å². The molecule has 0 aliphatic heterocycles. The Labute approximate surface area is 139 Å². The highest BCUT2D eigenvalue weighted by Crippen LogP contribution is 2.16. The molecule has 0 aliphatic carbocycles. The maximum absolute atomic E-state index is 9.20. The summed E-state index contributed by atoms with van der Waals surface area (Å²) in [5.41, 5.74) is 4.82. The van der Waals surface area contributed by atoms with Gasteiger partial charge >= 0.3 is 0 Å². The molecule has 2 aromatic rings. The predicted molar refractivity (Wildman–Crippen MR) is 94.4 cm³/mol. The molecule has 126 valence electrons. The largest absolute Gasteiger partial charge is 0.396 e. The van der Waals surface area contributed by atoms with E-state index in [0.29, 0.717) is 12.0 Å². The van der Waals surface area contributed by atoms with Gasteiger partial charge in [-0.2, -0.15) is 5.10 Å². The Morgan fingerprint density at radius 3 is 2.48 bits per heavy atom. The summed E-state index contributed by atoms with van der Waals surface area (Å²) in [6, 6.07) is 10.7. The molecule has 0 amide bonds. The highest BCUT2D eigenvalue weighted by molar-refractivity contribution is 5.26. The summed E-state index contributed by atoms with van der Waals surface area (Å²) in [5.74, 6) is 0.502. The molecule has 0 bridgehead atoms. The number of aliphatic hydroxyl groups is 1. The van der Waals surface area contributed by atoms with Gasteiger partial charge in [-0.25, -0.2) is 0 Å². The van der Waals surface area contributed by atoms with Crippen LogP contribution in [0.15, 0.2) is 30.3 Å². The first-order valence-corrected chi connectivity index (χ1v) is 8.44. The van der Waals surface area contributed by atoms with Crippen LogP contribution < -0.4 is 5.32 Å². The number of rotatable bonds is 8. The van der Waals surface area contributed by atoms with Crippen molar-refractivity contribution in [2.45, 2.75) is 53.2 Å². The lowest BCUT2D eigenvalue weighted by atomic mass is 10.0. The summed E-state index contributed by atoms with van der Waals surface area (Å²) in [6.45, 7) is 10.4.